The zero-order valence-corrected chi connectivity index (χ0v) is 14.0. The first-order valence-corrected chi connectivity index (χ1v) is 7.80. The second-order valence-corrected chi connectivity index (χ2v) is 6.35. The zero-order valence-electron chi connectivity index (χ0n) is 13.3. The van der Waals surface area contributed by atoms with E-state index in [1.165, 1.54) is 4.90 Å². The molecule has 24 heavy (non-hydrogen) atoms. The summed E-state index contributed by atoms with van der Waals surface area (Å²) < 4.78 is 1.67. The fourth-order valence-electron chi connectivity index (χ4n) is 2.94. The minimum absolute atomic E-state index is 0.0648. The van der Waals surface area contributed by atoms with Crippen molar-refractivity contribution in [1.29, 1.82) is 5.26 Å². The van der Waals surface area contributed by atoms with Crippen LogP contribution in [-0.2, 0) is 11.2 Å². The number of amides is 1. The molecule has 2 aromatic rings. The Morgan fingerprint density at radius 1 is 1.42 bits per heavy atom. The first-order valence-electron chi connectivity index (χ1n) is 7.43. The molecule has 1 aliphatic carbocycles. The third kappa shape index (κ3) is 2.68. The van der Waals surface area contributed by atoms with Crippen LogP contribution >= 0.6 is 11.6 Å². The van der Waals surface area contributed by atoms with Crippen LogP contribution in [0.5, 0.6) is 0 Å². The lowest BCUT2D eigenvalue weighted by Gasteiger charge is -2.23. The first-order chi connectivity index (χ1) is 11.4. The molecule has 1 unspecified atom stereocenters. The number of rotatable bonds is 2. The Balaban J connectivity index is 1.99. The summed E-state index contributed by atoms with van der Waals surface area (Å²) in [5.74, 6) is -0.549. The molecule has 6 nitrogen and oxygen atoms in total. The van der Waals surface area contributed by atoms with Crippen molar-refractivity contribution in [3.05, 3.63) is 46.5 Å². The Labute approximate surface area is 144 Å². The Morgan fingerprint density at radius 3 is 2.79 bits per heavy atom. The van der Waals surface area contributed by atoms with Gasteiger partial charge in [0.05, 0.1) is 22.2 Å². The molecule has 3 rings (SSSR count). The normalized spacial score (nSPS) is 16.4. The van der Waals surface area contributed by atoms with Gasteiger partial charge in [0.15, 0.2) is 5.78 Å². The summed E-state index contributed by atoms with van der Waals surface area (Å²) in [7, 11) is 3.36. The van der Waals surface area contributed by atoms with Crippen molar-refractivity contribution in [1.82, 2.24) is 14.5 Å². The molecule has 122 valence electrons. The monoisotopic (exact) mass is 342 g/mol. The number of hydrogen-bond acceptors (Lipinski definition) is 4. The lowest BCUT2D eigenvalue weighted by molar-refractivity contribution is -0.133. The molecular formula is C17H15ClN4O2. The van der Waals surface area contributed by atoms with Crippen molar-refractivity contribution in [3.8, 4) is 11.8 Å². The van der Waals surface area contributed by atoms with Crippen molar-refractivity contribution < 1.29 is 9.59 Å². The van der Waals surface area contributed by atoms with E-state index in [9.17, 15) is 9.59 Å². The number of ketones is 1. The molecule has 7 heteroatoms. The molecule has 0 spiro atoms. The van der Waals surface area contributed by atoms with Gasteiger partial charge in [-0.15, -0.1) is 0 Å². The molecule has 1 atom stereocenters. The Kier molecular flexibility index (Phi) is 4.12. The number of hydrogen-bond donors (Lipinski definition) is 0. The van der Waals surface area contributed by atoms with Gasteiger partial charge in [0.25, 0.3) is 0 Å². The van der Waals surface area contributed by atoms with E-state index in [0.29, 0.717) is 34.1 Å². The van der Waals surface area contributed by atoms with Crippen LogP contribution in [0.3, 0.4) is 0 Å². The van der Waals surface area contributed by atoms with Crippen LogP contribution in [0.25, 0.3) is 5.69 Å². The lowest BCUT2D eigenvalue weighted by atomic mass is 9.87. The number of fused-ring (bicyclic) bond motifs is 1. The Morgan fingerprint density at radius 2 is 2.17 bits per heavy atom. The fourth-order valence-corrected chi connectivity index (χ4v) is 3.15. The van der Waals surface area contributed by atoms with Gasteiger partial charge in [0, 0.05) is 32.6 Å². The largest absolute Gasteiger partial charge is 0.349 e. The van der Waals surface area contributed by atoms with Gasteiger partial charge >= 0.3 is 0 Å². The number of halogens is 1. The van der Waals surface area contributed by atoms with Crippen molar-refractivity contribution in [3.63, 3.8) is 0 Å². The number of benzene rings is 1. The lowest BCUT2D eigenvalue weighted by Crippen LogP contribution is -2.35. The summed E-state index contributed by atoms with van der Waals surface area (Å²) >= 11 is 6.07. The molecule has 0 N–H and O–H groups in total. The molecular weight excluding hydrogens is 328 g/mol. The van der Waals surface area contributed by atoms with Crippen LogP contribution in [0, 0.1) is 17.2 Å². The average molecular weight is 343 g/mol. The second kappa shape index (κ2) is 6.10. The van der Waals surface area contributed by atoms with Gasteiger partial charge in [-0.25, -0.2) is 4.98 Å². The highest BCUT2D eigenvalue weighted by Crippen LogP contribution is 2.29. The summed E-state index contributed by atoms with van der Waals surface area (Å²) in [6.07, 6.45) is 2.16. The van der Waals surface area contributed by atoms with E-state index in [0.717, 1.165) is 0 Å². The summed E-state index contributed by atoms with van der Waals surface area (Å²) in [6, 6.07) is 6.96. The topological polar surface area (TPSA) is 79.0 Å². The molecule has 0 saturated carbocycles. The van der Waals surface area contributed by atoms with Gasteiger partial charge < -0.3 is 4.90 Å². The molecule has 1 aliphatic rings. The quantitative estimate of drug-likeness (QED) is 0.838. The Hall–Kier alpha value is -2.65. The van der Waals surface area contributed by atoms with Crippen molar-refractivity contribution >= 4 is 23.3 Å². The van der Waals surface area contributed by atoms with Crippen LogP contribution in [0.15, 0.2) is 24.5 Å². The van der Waals surface area contributed by atoms with E-state index < -0.39 is 0 Å². The van der Waals surface area contributed by atoms with Crippen molar-refractivity contribution in [2.45, 2.75) is 12.8 Å². The standard InChI is InChI=1S/C17H15ClN4O2/c1-21(2)17(24)11-5-14-16(15(23)6-11)22(9-20-14)12-4-3-10(8-19)13(18)7-12/h3-4,7,9,11H,5-6H2,1-2H3. The highest BCUT2D eigenvalue weighted by Gasteiger charge is 2.34. The summed E-state index contributed by atoms with van der Waals surface area (Å²) in [5.41, 5.74) is 2.14. The molecule has 1 aromatic heterocycles. The SMILES string of the molecule is CN(C)C(=O)C1CC(=O)c2c(ncn2-c2ccc(C#N)c(Cl)c2)C1. The molecule has 0 fully saturated rings. The van der Waals surface area contributed by atoms with E-state index in [4.69, 9.17) is 16.9 Å². The van der Waals surface area contributed by atoms with E-state index in [1.807, 2.05) is 6.07 Å². The summed E-state index contributed by atoms with van der Waals surface area (Å²) in [5, 5.41) is 9.28. The number of Topliss-reactive ketones (excluding diaryl/α,β-unsaturated/α-hetero) is 1. The fraction of sp³-hybridized carbons (Fsp3) is 0.294. The number of nitrogens with zero attached hydrogens (tertiary/aromatic N) is 4. The molecule has 1 amide bonds. The van der Waals surface area contributed by atoms with E-state index in [-0.39, 0.29) is 24.0 Å². The highest BCUT2D eigenvalue weighted by molar-refractivity contribution is 6.31. The van der Waals surface area contributed by atoms with Crippen LogP contribution < -0.4 is 0 Å². The zero-order chi connectivity index (χ0) is 17.4. The smallest absolute Gasteiger partial charge is 0.226 e. The molecule has 1 heterocycles. The van der Waals surface area contributed by atoms with Crippen molar-refractivity contribution in [2.75, 3.05) is 14.1 Å². The van der Waals surface area contributed by atoms with Crippen molar-refractivity contribution in [2.24, 2.45) is 5.92 Å². The van der Waals surface area contributed by atoms with E-state index >= 15 is 0 Å². The van der Waals surface area contributed by atoms with Gasteiger partial charge in [-0.1, -0.05) is 11.6 Å². The van der Waals surface area contributed by atoms with Gasteiger partial charge in [-0.3, -0.25) is 14.2 Å². The van der Waals surface area contributed by atoms with E-state index in [1.54, 1.807) is 43.2 Å². The van der Waals surface area contributed by atoms with Crippen LogP contribution in [0.4, 0.5) is 0 Å². The summed E-state index contributed by atoms with van der Waals surface area (Å²) in [4.78, 5) is 30.5. The third-order valence-corrected chi connectivity index (χ3v) is 4.43. The minimum Gasteiger partial charge on any atom is -0.349 e. The minimum atomic E-state index is -0.368. The molecule has 1 aromatic carbocycles. The van der Waals surface area contributed by atoms with Gasteiger partial charge in [-0.2, -0.15) is 5.26 Å². The molecule has 0 saturated heterocycles. The predicted octanol–water partition coefficient (Wildman–Crippen LogP) is 2.23. The maximum atomic E-state index is 12.6. The Bertz CT molecular complexity index is 879. The molecule has 0 bridgehead atoms. The van der Waals surface area contributed by atoms with Crippen LogP contribution in [0.2, 0.25) is 5.02 Å². The van der Waals surface area contributed by atoms with E-state index in [2.05, 4.69) is 4.98 Å². The molecule has 0 aliphatic heterocycles. The second-order valence-electron chi connectivity index (χ2n) is 5.95. The number of nitriles is 1. The third-order valence-electron chi connectivity index (χ3n) is 4.12. The van der Waals surface area contributed by atoms with Gasteiger partial charge in [0.2, 0.25) is 5.91 Å². The van der Waals surface area contributed by atoms with Gasteiger partial charge in [0.1, 0.15) is 18.1 Å². The number of carbonyl (C=O) groups excluding carboxylic acids is 2. The average Bonchev–Trinajstić information content (AvgIpc) is 2.98. The predicted molar refractivity (Wildman–Crippen MR) is 88.1 cm³/mol. The summed E-state index contributed by atoms with van der Waals surface area (Å²) in [6.45, 7) is 0. The van der Waals surface area contributed by atoms with Gasteiger partial charge in [-0.05, 0) is 18.2 Å². The number of carbonyl (C=O) groups is 2. The molecule has 0 radical (unpaired) electrons. The highest BCUT2D eigenvalue weighted by atomic mass is 35.5. The number of aromatic nitrogens is 2. The van der Waals surface area contributed by atoms with Crippen LogP contribution in [0.1, 0.15) is 28.2 Å². The maximum Gasteiger partial charge on any atom is 0.226 e. The van der Waals surface area contributed by atoms with Crippen LogP contribution in [-0.4, -0.2) is 40.2 Å². The maximum absolute atomic E-state index is 12.6. The first kappa shape index (κ1) is 16.2. The number of imidazole rings is 1.